The SMILES string of the molecule is CS(=O)(=O)c1cccnc1S(=O)(=O)c1ccc(/C=C/c2ccc(F)cc2)cc1. The van der Waals surface area contributed by atoms with Crippen molar-refractivity contribution in [2.45, 2.75) is 14.8 Å². The first-order chi connectivity index (χ1) is 13.2. The summed E-state index contributed by atoms with van der Waals surface area (Å²) in [7, 11) is -7.85. The van der Waals surface area contributed by atoms with Gasteiger partial charge in [0.2, 0.25) is 9.84 Å². The molecule has 3 aromatic rings. The molecule has 0 saturated heterocycles. The number of aromatic nitrogens is 1. The van der Waals surface area contributed by atoms with Gasteiger partial charge in [-0.15, -0.1) is 0 Å². The van der Waals surface area contributed by atoms with Gasteiger partial charge in [-0.3, -0.25) is 0 Å². The van der Waals surface area contributed by atoms with Gasteiger partial charge in [-0.2, -0.15) is 0 Å². The van der Waals surface area contributed by atoms with Crippen LogP contribution in [0.3, 0.4) is 0 Å². The zero-order valence-corrected chi connectivity index (χ0v) is 16.4. The quantitative estimate of drug-likeness (QED) is 0.592. The van der Waals surface area contributed by atoms with E-state index in [-0.39, 0.29) is 15.6 Å². The van der Waals surface area contributed by atoms with E-state index in [1.165, 1.54) is 42.6 Å². The van der Waals surface area contributed by atoms with E-state index in [1.807, 2.05) is 0 Å². The first-order valence-electron chi connectivity index (χ1n) is 8.12. The van der Waals surface area contributed by atoms with Gasteiger partial charge in [0.1, 0.15) is 10.7 Å². The predicted octanol–water partition coefficient (Wildman–Crippen LogP) is 3.63. The third kappa shape index (κ3) is 4.35. The lowest BCUT2D eigenvalue weighted by molar-refractivity contribution is 0.580. The number of benzene rings is 2. The van der Waals surface area contributed by atoms with E-state index in [1.54, 1.807) is 36.4 Å². The van der Waals surface area contributed by atoms with E-state index in [2.05, 4.69) is 4.98 Å². The lowest BCUT2D eigenvalue weighted by Gasteiger charge is -2.08. The van der Waals surface area contributed by atoms with Crippen molar-refractivity contribution in [2.24, 2.45) is 0 Å². The van der Waals surface area contributed by atoms with Crippen molar-refractivity contribution in [3.05, 3.63) is 83.8 Å². The van der Waals surface area contributed by atoms with E-state index in [4.69, 9.17) is 0 Å². The van der Waals surface area contributed by atoms with Crippen LogP contribution in [0.1, 0.15) is 11.1 Å². The smallest absolute Gasteiger partial charge is 0.225 e. The van der Waals surface area contributed by atoms with E-state index >= 15 is 0 Å². The molecule has 0 aliphatic heterocycles. The minimum Gasteiger partial charge on any atom is -0.243 e. The Hall–Kier alpha value is -2.84. The molecule has 0 unspecified atom stereocenters. The lowest BCUT2D eigenvalue weighted by atomic mass is 10.1. The van der Waals surface area contributed by atoms with Gasteiger partial charge in [0.15, 0.2) is 14.9 Å². The van der Waals surface area contributed by atoms with Gasteiger partial charge in [0.25, 0.3) is 0 Å². The normalized spacial score (nSPS) is 12.4. The van der Waals surface area contributed by atoms with Gasteiger partial charge in [-0.25, -0.2) is 26.2 Å². The molecule has 0 amide bonds. The fourth-order valence-corrected chi connectivity index (χ4v) is 5.23. The summed E-state index contributed by atoms with van der Waals surface area (Å²) in [6.45, 7) is 0. The monoisotopic (exact) mass is 417 g/mol. The molecule has 0 radical (unpaired) electrons. The Bertz CT molecular complexity index is 1230. The summed E-state index contributed by atoms with van der Waals surface area (Å²) in [5.74, 6) is -0.324. The van der Waals surface area contributed by atoms with Crippen LogP contribution in [0.4, 0.5) is 4.39 Å². The van der Waals surface area contributed by atoms with Crippen LogP contribution >= 0.6 is 0 Å². The standard InChI is InChI=1S/C20H16FNO4S2/c1-27(23,24)19-3-2-14-22-20(19)28(25,26)18-12-8-16(9-13-18)5-4-15-6-10-17(21)11-7-15/h2-14H,1H3/b5-4+. The lowest BCUT2D eigenvalue weighted by Crippen LogP contribution is -2.11. The van der Waals surface area contributed by atoms with Crippen LogP contribution in [-0.4, -0.2) is 28.1 Å². The van der Waals surface area contributed by atoms with Crippen LogP contribution in [0.25, 0.3) is 12.2 Å². The molecule has 0 atom stereocenters. The van der Waals surface area contributed by atoms with Crippen LogP contribution in [0.15, 0.2) is 81.7 Å². The van der Waals surface area contributed by atoms with Crippen molar-refractivity contribution < 1.29 is 21.2 Å². The van der Waals surface area contributed by atoms with Crippen molar-refractivity contribution in [1.29, 1.82) is 0 Å². The van der Waals surface area contributed by atoms with Gasteiger partial charge in [-0.1, -0.05) is 36.4 Å². The molecule has 0 bridgehead atoms. The third-order valence-corrected chi connectivity index (χ3v) is 6.90. The number of hydrogen-bond acceptors (Lipinski definition) is 5. The van der Waals surface area contributed by atoms with Gasteiger partial charge in [-0.05, 0) is 47.5 Å². The summed E-state index contributed by atoms with van der Waals surface area (Å²) in [4.78, 5) is 3.39. The third-order valence-electron chi connectivity index (χ3n) is 3.92. The second-order valence-electron chi connectivity index (χ2n) is 6.04. The van der Waals surface area contributed by atoms with E-state index in [9.17, 15) is 21.2 Å². The maximum Gasteiger partial charge on any atom is 0.225 e. The molecule has 0 aliphatic rings. The topological polar surface area (TPSA) is 81.2 Å². The molecule has 0 aliphatic carbocycles. The van der Waals surface area contributed by atoms with E-state index in [0.29, 0.717) is 0 Å². The Morgan fingerprint density at radius 1 is 0.821 bits per heavy atom. The minimum absolute atomic E-state index is 0.0602. The highest BCUT2D eigenvalue weighted by molar-refractivity contribution is 7.94. The number of hydrogen-bond donors (Lipinski definition) is 0. The van der Waals surface area contributed by atoms with Crippen molar-refractivity contribution in [3.8, 4) is 0 Å². The number of nitrogens with zero attached hydrogens (tertiary/aromatic N) is 1. The second-order valence-corrected chi connectivity index (χ2v) is 9.89. The van der Waals surface area contributed by atoms with Crippen molar-refractivity contribution in [3.63, 3.8) is 0 Å². The number of sulfone groups is 2. The molecular formula is C20H16FNO4S2. The molecule has 0 N–H and O–H groups in total. The fourth-order valence-electron chi connectivity index (χ4n) is 2.50. The van der Waals surface area contributed by atoms with E-state index < -0.39 is 24.7 Å². The van der Waals surface area contributed by atoms with E-state index in [0.717, 1.165) is 17.4 Å². The van der Waals surface area contributed by atoms with Crippen molar-refractivity contribution in [2.75, 3.05) is 6.26 Å². The average Bonchev–Trinajstić information content (AvgIpc) is 2.67. The summed E-state index contributed by atoms with van der Waals surface area (Å²) >= 11 is 0. The molecule has 8 heteroatoms. The molecule has 5 nitrogen and oxygen atoms in total. The Morgan fingerprint density at radius 3 is 1.89 bits per heavy atom. The summed E-state index contributed by atoms with van der Waals surface area (Å²) in [6, 6.07) is 14.5. The molecule has 1 heterocycles. The Balaban J connectivity index is 1.92. The number of rotatable bonds is 5. The molecular weight excluding hydrogens is 401 g/mol. The number of pyridine rings is 1. The van der Waals surface area contributed by atoms with Crippen LogP contribution in [0, 0.1) is 5.82 Å². The first-order valence-corrected chi connectivity index (χ1v) is 11.5. The Labute approximate surface area is 163 Å². The molecule has 0 saturated carbocycles. The van der Waals surface area contributed by atoms with Gasteiger partial charge in [0.05, 0.1) is 4.90 Å². The summed E-state index contributed by atoms with van der Waals surface area (Å²) in [5.41, 5.74) is 1.53. The molecule has 0 spiro atoms. The van der Waals surface area contributed by atoms with Crippen LogP contribution in [-0.2, 0) is 19.7 Å². The zero-order valence-electron chi connectivity index (χ0n) is 14.8. The van der Waals surface area contributed by atoms with Gasteiger partial charge in [0, 0.05) is 12.5 Å². The summed E-state index contributed by atoms with van der Waals surface area (Å²) < 4.78 is 62.4. The first kappa shape index (κ1) is 19.9. The van der Waals surface area contributed by atoms with Crippen LogP contribution < -0.4 is 0 Å². The summed E-state index contributed by atoms with van der Waals surface area (Å²) in [6.07, 6.45) is 5.70. The van der Waals surface area contributed by atoms with Crippen molar-refractivity contribution in [1.82, 2.24) is 4.98 Å². The molecule has 1 aromatic heterocycles. The maximum atomic E-state index is 12.9. The highest BCUT2D eigenvalue weighted by Gasteiger charge is 2.26. The fraction of sp³-hybridized carbons (Fsp3) is 0.0500. The average molecular weight is 417 g/mol. The molecule has 144 valence electrons. The molecule has 0 fully saturated rings. The minimum atomic E-state index is -4.10. The van der Waals surface area contributed by atoms with Crippen molar-refractivity contribution >= 4 is 31.8 Å². The maximum absolute atomic E-state index is 12.9. The Morgan fingerprint density at radius 2 is 1.36 bits per heavy atom. The summed E-state index contributed by atoms with van der Waals surface area (Å²) in [5, 5.41) is -0.493. The second kappa shape index (κ2) is 7.65. The Kier molecular flexibility index (Phi) is 5.44. The highest BCUT2D eigenvalue weighted by atomic mass is 32.2. The molecule has 28 heavy (non-hydrogen) atoms. The van der Waals surface area contributed by atoms with Gasteiger partial charge < -0.3 is 0 Å². The van der Waals surface area contributed by atoms with Gasteiger partial charge >= 0.3 is 0 Å². The molecule has 2 aromatic carbocycles. The van der Waals surface area contributed by atoms with Crippen LogP contribution in [0.5, 0.6) is 0 Å². The largest absolute Gasteiger partial charge is 0.243 e. The predicted molar refractivity (Wildman–Crippen MR) is 105 cm³/mol. The zero-order chi connectivity index (χ0) is 20.4. The number of halogens is 1. The highest BCUT2D eigenvalue weighted by Crippen LogP contribution is 2.25. The molecule has 3 rings (SSSR count). The van der Waals surface area contributed by atoms with Crippen LogP contribution in [0.2, 0.25) is 0 Å².